The number of ether oxygens (including phenoxy) is 2. The third-order valence-corrected chi connectivity index (χ3v) is 20.6. The van der Waals surface area contributed by atoms with Crippen LogP contribution in [0.2, 0.25) is 42.8 Å². The molecule has 3 aromatic carbocycles. The Balaban J connectivity index is 2.16. The van der Waals surface area contributed by atoms with Crippen molar-refractivity contribution in [2.75, 3.05) is 13.7 Å². The maximum Gasteiger partial charge on any atom is 0.261 e. The number of methoxy groups -OCH3 is 1. The second-order valence-corrected chi connectivity index (χ2v) is 29.3. The number of rotatable bonds is 19. The molecule has 0 saturated heterocycles. The fraction of sp³-hybridized carbons (Fsp3) is 0.465. The number of benzene rings is 3. The average Bonchev–Trinajstić information content (AvgIpc) is 3.13. The third kappa shape index (κ3) is 11.0. The quantitative estimate of drug-likeness (QED) is 0.0697. The predicted molar refractivity (Wildman–Crippen MR) is 222 cm³/mol. The minimum Gasteiger partial charge on any atom is -0.497 e. The van der Waals surface area contributed by atoms with Crippen LogP contribution >= 0.6 is 0 Å². The molecule has 0 aliphatic heterocycles. The Morgan fingerprint density at radius 3 is 1.80 bits per heavy atom. The molecule has 51 heavy (non-hydrogen) atoms. The molecular formula is C43H62O5Si3. The van der Waals surface area contributed by atoms with E-state index in [1.165, 1.54) is 10.4 Å². The topological polar surface area (TPSA) is 54.0 Å². The minimum atomic E-state index is -2.84. The Morgan fingerprint density at radius 1 is 0.843 bits per heavy atom. The SMILES string of the molecule is C=C[C@@](CCO[Si](c1ccccc1)(c1ccccc1)C(C)(C)C)(O[Si](CC)(CC)CC)[C@@H](CC(=O)C#C[Si](C)(C)C)OCc1ccc(OC)cc1. The van der Waals surface area contributed by atoms with Gasteiger partial charge in [0.05, 0.1) is 19.8 Å². The molecule has 0 N–H and O–H groups in total. The van der Waals surface area contributed by atoms with Crippen LogP contribution in [0.4, 0.5) is 0 Å². The smallest absolute Gasteiger partial charge is 0.261 e. The van der Waals surface area contributed by atoms with E-state index >= 15 is 0 Å². The first-order chi connectivity index (χ1) is 24.1. The first-order valence-corrected chi connectivity index (χ1v) is 26.5. The second kappa shape index (κ2) is 18.6. The van der Waals surface area contributed by atoms with Gasteiger partial charge < -0.3 is 18.3 Å². The van der Waals surface area contributed by atoms with Crippen LogP contribution < -0.4 is 15.1 Å². The van der Waals surface area contributed by atoms with Crippen LogP contribution in [0.25, 0.3) is 0 Å². The molecule has 0 aliphatic rings. The van der Waals surface area contributed by atoms with E-state index in [2.05, 4.69) is 140 Å². The molecule has 0 fully saturated rings. The van der Waals surface area contributed by atoms with Crippen molar-refractivity contribution < 1.29 is 23.1 Å². The van der Waals surface area contributed by atoms with Gasteiger partial charge in [-0.05, 0) is 57.2 Å². The maximum absolute atomic E-state index is 13.7. The Kier molecular flexibility index (Phi) is 15.5. The summed E-state index contributed by atoms with van der Waals surface area (Å²) in [5.41, 5.74) is 3.27. The Hall–Kier alpha value is -3.04. The zero-order chi connectivity index (χ0) is 37.8. The van der Waals surface area contributed by atoms with E-state index < -0.39 is 36.4 Å². The lowest BCUT2D eigenvalue weighted by molar-refractivity contribution is -0.126. The second-order valence-electron chi connectivity index (χ2n) is 15.5. The van der Waals surface area contributed by atoms with Crippen molar-refractivity contribution in [2.24, 2.45) is 0 Å². The average molecular weight is 743 g/mol. The number of carbonyl (C=O) groups is 1. The molecule has 0 aliphatic carbocycles. The van der Waals surface area contributed by atoms with E-state index in [0.717, 1.165) is 29.4 Å². The number of hydrogen-bond acceptors (Lipinski definition) is 5. The highest BCUT2D eigenvalue weighted by Crippen LogP contribution is 2.40. The highest BCUT2D eigenvalue weighted by molar-refractivity contribution is 6.99. The van der Waals surface area contributed by atoms with E-state index in [1.807, 2.05) is 30.3 Å². The van der Waals surface area contributed by atoms with Crippen molar-refractivity contribution in [1.82, 2.24) is 0 Å². The maximum atomic E-state index is 13.7. The van der Waals surface area contributed by atoms with Gasteiger partial charge >= 0.3 is 0 Å². The molecular weight excluding hydrogens is 681 g/mol. The fourth-order valence-corrected chi connectivity index (χ4v) is 14.9. The summed E-state index contributed by atoms with van der Waals surface area (Å²) in [6.45, 7) is 25.1. The van der Waals surface area contributed by atoms with Gasteiger partial charge in [0, 0.05) is 19.4 Å². The number of hydrogen-bond donors (Lipinski definition) is 0. The molecule has 276 valence electrons. The lowest BCUT2D eigenvalue weighted by atomic mass is 9.89. The third-order valence-electron chi connectivity index (χ3n) is 10.0. The van der Waals surface area contributed by atoms with Gasteiger partial charge in [-0.25, -0.2) is 0 Å². The number of carbonyl (C=O) groups excluding carboxylic acids is 1. The van der Waals surface area contributed by atoms with Crippen LogP contribution in [0.15, 0.2) is 97.6 Å². The standard InChI is InChI=1S/C43H62O5Si3/c1-12-43(48-50(13-2,14-3)15-4,41(34-37(44)30-33-49(9,10)11)46-35-36-26-28-38(45-8)29-27-36)31-32-47-51(42(5,6)7,39-22-18-16-19-23-39)40-24-20-17-21-25-40/h12,16-29,41H,1,13-15,31-32,34-35H2,2-11H3/t41-,43+/m1/s1. The van der Waals surface area contributed by atoms with Gasteiger partial charge in [-0.1, -0.05) is 140 Å². The molecule has 0 aromatic heterocycles. The van der Waals surface area contributed by atoms with Crippen molar-refractivity contribution >= 4 is 40.9 Å². The monoisotopic (exact) mass is 742 g/mol. The van der Waals surface area contributed by atoms with E-state index in [1.54, 1.807) is 7.11 Å². The Bertz CT molecular complexity index is 1530. The molecule has 2 atom stereocenters. The van der Waals surface area contributed by atoms with Gasteiger partial charge in [0.2, 0.25) is 5.78 Å². The van der Waals surface area contributed by atoms with Crippen molar-refractivity contribution in [3.63, 3.8) is 0 Å². The van der Waals surface area contributed by atoms with Crippen LogP contribution in [-0.2, 0) is 25.0 Å². The van der Waals surface area contributed by atoms with Crippen LogP contribution in [0.1, 0.15) is 59.9 Å². The van der Waals surface area contributed by atoms with Crippen LogP contribution in [0.5, 0.6) is 5.75 Å². The molecule has 0 amide bonds. The molecule has 0 bridgehead atoms. The number of Topliss-reactive ketones (excluding diaryl/α,β-unsaturated/α-hetero) is 1. The van der Waals surface area contributed by atoms with Crippen molar-refractivity contribution in [1.29, 1.82) is 0 Å². The van der Waals surface area contributed by atoms with Crippen molar-refractivity contribution in [3.05, 3.63) is 103 Å². The highest BCUT2D eigenvalue weighted by atomic mass is 28.4. The largest absolute Gasteiger partial charge is 0.497 e. The predicted octanol–water partition coefficient (Wildman–Crippen LogP) is 9.33. The van der Waals surface area contributed by atoms with Crippen molar-refractivity contribution in [3.8, 4) is 17.2 Å². The summed E-state index contributed by atoms with van der Waals surface area (Å²) in [7, 11) is -5.23. The Morgan fingerprint density at radius 2 is 1.37 bits per heavy atom. The molecule has 0 saturated carbocycles. The highest BCUT2D eigenvalue weighted by Gasteiger charge is 2.51. The van der Waals surface area contributed by atoms with Gasteiger partial charge in [-0.3, -0.25) is 4.79 Å². The molecule has 5 nitrogen and oxygen atoms in total. The zero-order valence-electron chi connectivity index (χ0n) is 32.9. The summed E-state index contributed by atoms with van der Waals surface area (Å²) in [5, 5.41) is 2.25. The van der Waals surface area contributed by atoms with Gasteiger partial charge in [0.25, 0.3) is 8.32 Å². The number of ketones is 1. The normalized spacial score (nSPS) is 14.2. The summed E-state index contributed by atoms with van der Waals surface area (Å²) in [6, 6.07) is 32.0. The summed E-state index contributed by atoms with van der Waals surface area (Å²) >= 11 is 0. The lowest BCUT2D eigenvalue weighted by Crippen LogP contribution is -2.67. The van der Waals surface area contributed by atoms with Crippen molar-refractivity contribution in [2.45, 2.75) is 116 Å². The molecule has 0 radical (unpaired) electrons. The summed E-state index contributed by atoms with van der Waals surface area (Å²) in [4.78, 5) is 13.7. The molecule has 0 spiro atoms. The Labute approximate surface area is 312 Å². The first-order valence-electron chi connectivity index (χ1n) is 18.5. The lowest BCUT2D eigenvalue weighted by Gasteiger charge is -2.47. The van der Waals surface area contributed by atoms with Crippen LogP contribution in [0, 0.1) is 11.5 Å². The molecule has 0 heterocycles. The van der Waals surface area contributed by atoms with Crippen LogP contribution in [-0.4, -0.2) is 55.9 Å². The van der Waals surface area contributed by atoms with Gasteiger partial charge in [-0.15, -0.1) is 12.1 Å². The summed E-state index contributed by atoms with van der Waals surface area (Å²) in [6.07, 6.45) is 1.86. The molecule has 8 heteroatoms. The molecule has 0 unspecified atom stereocenters. The van der Waals surface area contributed by atoms with Crippen LogP contribution in [0.3, 0.4) is 0 Å². The zero-order valence-corrected chi connectivity index (χ0v) is 35.9. The first kappa shape index (κ1) is 42.4. The summed E-state index contributed by atoms with van der Waals surface area (Å²) < 4.78 is 27.1. The van der Waals surface area contributed by atoms with Gasteiger partial charge in [-0.2, -0.15) is 0 Å². The summed E-state index contributed by atoms with van der Waals surface area (Å²) in [5.74, 6) is 3.62. The van der Waals surface area contributed by atoms with E-state index in [9.17, 15) is 4.79 Å². The minimum absolute atomic E-state index is 0.0977. The van der Waals surface area contributed by atoms with Gasteiger partial charge in [0.15, 0.2) is 8.32 Å². The van der Waals surface area contributed by atoms with E-state index in [0.29, 0.717) is 19.6 Å². The van der Waals surface area contributed by atoms with E-state index in [-0.39, 0.29) is 17.2 Å². The van der Waals surface area contributed by atoms with E-state index in [4.69, 9.17) is 18.3 Å². The molecule has 3 aromatic rings. The van der Waals surface area contributed by atoms with Gasteiger partial charge in [0.1, 0.15) is 19.4 Å². The molecule has 3 rings (SSSR count). The fourth-order valence-electron chi connectivity index (χ4n) is 6.82.